The van der Waals surface area contributed by atoms with Gasteiger partial charge in [-0.05, 0) is 6.92 Å². The van der Waals surface area contributed by atoms with Crippen molar-refractivity contribution in [2.24, 2.45) is 0 Å². The highest BCUT2D eigenvalue weighted by Gasteiger charge is 2.15. The van der Waals surface area contributed by atoms with Crippen LogP contribution in [-0.2, 0) is 0 Å². The Kier molecular flexibility index (Phi) is 3.86. The Bertz CT molecular complexity index is 329. The van der Waals surface area contributed by atoms with Crippen LogP contribution < -0.4 is 4.90 Å². The number of rotatable bonds is 4. The molecule has 6 heteroatoms. The molecule has 4 nitrogen and oxygen atoms in total. The number of anilines is 1. The third-order valence-corrected chi connectivity index (χ3v) is 3.40. The molecular formula is C8H11ClN2O2S. The number of aromatic nitrogens is 1. The Morgan fingerprint density at radius 2 is 2.43 bits per heavy atom. The Hall–Kier alpha value is -0.650. The molecular weight excluding hydrogens is 224 g/mol. The number of carbonyl (C=O) groups is 1. The molecule has 0 fully saturated rings. The molecule has 0 aromatic carbocycles. The molecule has 0 saturated heterocycles. The summed E-state index contributed by atoms with van der Waals surface area (Å²) in [5.41, 5.74) is 0. The van der Waals surface area contributed by atoms with Crippen molar-refractivity contribution in [2.45, 2.75) is 13.0 Å². The van der Waals surface area contributed by atoms with Gasteiger partial charge in [0.2, 0.25) is 0 Å². The predicted molar refractivity (Wildman–Crippen MR) is 57.5 cm³/mol. The van der Waals surface area contributed by atoms with Gasteiger partial charge in [-0.15, -0.1) is 0 Å². The van der Waals surface area contributed by atoms with Crippen LogP contribution in [0.4, 0.5) is 5.13 Å². The first-order valence-electron chi connectivity index (χ1n) is 4.05. The topological polar surface area (TPSA) is 53.4 Å². The van der Waals surface area contributed by atoms with Crippen LogP contribution >= 0.6 is 22.9 Å². The van der Waals surface area contributed by atoms with Crippen molar-refractivity contribution >= 4 is 34.4 Å². The molecule has 0 radical (unpaired) electrons. The fourth-order valence-electron chi connectivity index (χ4n) is 0.837. The minimum Gasteiger partial charge on any atom is -0.394 e. The second-order valence-corrected chi connectivity index (χ2v) is 4.28. The first kappa shape index (κ1) is 11.4. The minimum absolute atomic E-state index is 0.0319. The molecule has 0 amide bonds. The number of likely N-dealkylation sites (N-methyl/N-ethyl adjacent to an activating group) is 1. The summed E-state index contributed by atoms with van der Waals surface area (Å²) in [6.07, 6.45) is 0.682. The quantitative estimate of drug-likeness (QED) is 0.801. The van der Waals surface area contributed by atoms with E-state index in [0.717, 1.165) is 0 Å². The third kappa shape index (κ3) is 2.23. The zero-order valence-corrected chi connectivity index (χ0v) is 9.47. The van der Waals surface area contributed by atoms with Gasteiger partial charge in [-0.25, -0.2) is 4.98 Å². The van der Waals surface area contributed by atoms with Crippen LogP contribution in [-0.4, -0.2) is 36.1 Å². The van der Waals surface area contributed by atoms with Crippen molar-refractivity contribution < 1.29 is 9.90 Å². The van der Waals surface area contributed by atoms with E-state index < -0.39 is 0 Å². The molecule has 1 unspecified atom stereocenters. The molecule has 1 heterocycles. The molecule has 0 aliphatic heterocycles. The number of carbonyl (C=O) groups excluding carboxylic acids is 1. The summed E-state index contributed by atoms with van der Waals surface area (Å²) < 4.78 is 0. The lowest BCUT2D eigenvalue weighted by Crippen LogP contribution is -2.31. The number of aldehydes is 1. The monoisotopic (exact) mass is 234 g/mol. The molecule has 0 bridgehead atoms. The average molecular weight is 235 g/mol. The van der Waals surface area contributed by atoms with Crippen LogP contribution in [0.2, 0.25) is 5.15 Å². The molecule has 14 heavy (non-hydrogen) atoms. The number of nitrogens with zero attached hydrogens (tertiary/aromatic N) is 2. The average Bonchev–Trinajstić information content (AvgIpc) is 2.57. The third-order valence-electron chi connectivity index (χ3n) is 1.93. The van der Waals surface area contributed by atoms with Crippen LogP contribution in [0.15, 0.2) is 0 Å². The standard InChI is InChI=1S/C8H11ClN2O2S/c1-5(3-12)11(2)8-10-7(9)6(4-13)14-8/h4-5,12H,3H2,1-2H3. The molecule has 0 saturated carbocycles. The summed E-state index contributed by atoms with van der Waals surface area (Å²) in [5.74, 6) is 0. The van der Waals surface area contributed by atoms with E-state index >= 15 is 0 Å². The van der Waals surface area contributed by atoms with Gasteiger partial charge in [0, 0.05) is 7.05 Å². The summed E-state index contributed by atoms with van der Waals surface area (Å²) in [4.78, 5) is 16.7. The molecule has 78 valence electrons. The number of thiazole rings is 1. The summed E-state index contributed by atoms with van der Waals surface area (Å²) in [7, 11) is 1.80. The van der Waals surface area contributed by atoms with E-state index in [1.165, 1.54) is 11.3 Å². The number of hydrogen-bond acceptors (Lipinski definition) is 5. The van der Waals surface area contributed by atoms with Crippen LogP contribution in [0, 0.1) is 0 Å². The van der Waals surface area contributed by atoms with Gasteiger partial charge >= 0.3 is 0 Å². The van der Waals surface area contributed by atoms with Crippen molar-refractivity contribution in [3.63, 3.8) is 0 Å². The number of hydrogen-bond donors (Lipinski definition) is 1. The zero-order chi connectivity index (χ0) is 10.7. The fraction of sp³-hybridized carbons (Fsp3) is 0.500. The Labute approximate surface area is 91.1 Å². The van der Waals surface area contributed by atoms with E-state index in [0.29, 0.717) is 16.3 Å². The minimum atomic E-state index is -0.0447. The Balaban J connectivity index is 2.90. The van der Waals surface area contributed by atoms with Crippen molar-refractivity contribution in [2.75, 3.05) is 18.6 Å². The first-order chi connectivity index (χ1) is 6.60. The second-order valence-electron chi connectivity index (χ2n) is 2.91. The van der Waals surface area contributed by atoms with Crippen molar-refractivity contribution in [3.05, 3.63) is 10.0 Å². The smallest absolute Gasteiger partial charge is 0.187 e. The summed E-state index contributed by atoms with van der Waals surface area (Å²) in [6, 6.07) is -0.0447. The molecule has 0 aliphatic rings. The number of halogens is 1. The van der Waals surface area contributed by atoms with E-state index in [1.54, 1.807) is 11.9 Å². The number of aliphatic hydroxyl groups is 1. The summed E-state index contributed by atoms with van der Waals surface area (Å²) in [6.45, 7) is 1.89. The zero-order valence-electron chi connectivity index (χ0n) is 7.90. The van der Waals surface area contributed by atoms with Crippen molar-refractivity contribution in [1.29, 1.82) is 0 Å². The van der Waals surface area contributed by atoms with Gasteiger partial charge in [0.1, 0.15) is 4.88 Å². The molecule has 0 spiro atoms. The first-order valence-corrected chi connectivity index (χ1v) is 5.24. The van der Waals surface area contributed by atoms with Gasteiger partial charge in [0.25, 0.3) is 0 Å². The van der Waals surface area contributed by atoms with Crippen LogP contribution in [0.3, 0.4) is 0 Å². The number of aliphatic hydroxyl groups excluding tert-OH is 1. The lowest BCUT2D eigenvalue weighted by atomic mass is 10.3. The van der Waals surface area contributed by atoms with Crippen LogP contribution in [0.25, 0.3) is 0 Å². The van der Waals surface area contributed by atoms with Gasteiger partial charge in [-0.1, -0.05) is 22.9 Å². The lowest BCUT2D eigenvalue weighted by molar-refractivity contribution is 0.112. The molecule has 1 aromatic rings. The second kappa shape index (κ2) is 4.72. The van der Waals surface area contributed by atoms with Gasteiger partial charge in [-0.2, -0.15) is 0 Å². The van der Waals surface area contributed by atoms with Gasteiger partial charge in [-0.3, -0.25) is 4.79 Å². The molecule has 1 atom stereocenters. The predicted octanol–water partition coefficient (Wildman–Crippen LogP) is 1.43. The van der Waals surface area contributed by atoms with Crippen molar-refractivity contribution in [1.82, 2.24) is 4.98 Å². The lowest BCUT2D eigenvalue weighted by Gasteiger charge is -2.21. The maximum Gasteiger partial charge on any atom is 0.187 e. The van der Waals surface area contributed by atoms with E-state index in [1.807, 2.05) is 6.92 Å². The van der Waals surface area contributed by atoms with E-state index in [4.69, 9.17) is 16.7 Å². The van der Waals surface area contributed by atoms with E-state index in [9.17, 15) is 4.79 Å². The van der Waals surface area contributed by atoms with Gasteiger partial charge in [0.05, 0.1) is 12.6 Å². The maximum atomic E-state index is 10.5. The highest BCUT2D eigenvalue weighted by atomic mass is 35.5. The van der Waals surface area contributed by atoms with E-state index in [-0.39, 0.29) is 17.8 Å². The van der Waals surface area contributed by atoms with Gasteiger partial charge in [0.15, 0.2) is 16.6 Å². The van der Waals surface area contributed by atoms with Crippen LogP contribution in [0.1, 0.15) is 16.6 Å². The Morgan fingerprint density at radius 1 is 1.79 bits per heavy atom. The maximum absolute atomic E-state index is 10.5. The fourth-order valence-corrected chi connectivity index (χ4v) is 1.96. The molecule has 1 aromatic heterocycles. The summed E-state index contributed by atoms with van der Waals surface area (Å²) >= 11 is 6.93. The highest BCUT2D eigenvalue weighted by Crippen LogP contribution is 2.28. The Morgan fingerprint density at radius 3 is 2.86 bits per heavy atom. The van der Waals surface area contributed by atoms with E-state index in [2.05, 4.69) is 4.98 Å². The normalized spacial score (nSPS) is 12.6. The van der Waals surface area contributed by atoms with Gasteiger partial charge < -0.3 is 10.0 Å². The highest BCUT2D eigenvalue weighted by molar-refractivity contribution is 7.17. The molecule has 0 aliphatic carbocycles. The van der Waals surface area contributed by atoms with Crippen LogP contribution in [0.5, 0.6) is 0 Å². The summed E-state index contributed by atoms with van der Waals surface area (Å²) in [5, 5.41) is 9.79. The van der Waals surface area contributed by atoms with Crippen molar-refractivity contribution in [3.8, 4) is 0 Å². The SMILES string of the molecule is CC(CO)N(C)c1nc(Cl)c(C=O)s1. The molecule has 1 N–H and O–H groups in total. The molecule has 1 rings (SSSR count). The largest absolute Gasteiger partial charge is 0.394 e.